The van der Waals surface area contributed by atoms with Crippen LogP contribution in [-0.2, 0) is 0 Å². The smallest absolute Gasteiger partial charge is 0.417 e. The van der Waals surface area contributed by atoms with E-state index in [2.05, 4.69) is 5.32 Å². The summed E-state index contributed by atoms with van der Waals surface area (Å²) in [5.74, 6) is 0.700. The first-order chi connectivity index (χ1) is 11.7. The Morgan fingerprint density at radius 2 is 1.79 bits per heavy atom. The van der Waals surface area contributed by atoms with Gasteiger partial charge in [-0.3, -0.25) is 10.1 Å². The second-order valence-corrected chi connectivity index (χ2v) is 4.95. The van der Waals surface area contributed by atoms with Gasteiger partial charge in [0.2, 0.25) is 0 Å². The zero-order valence-electron chi connectivity index (χ0n) is 12.6. The predicted octanol–water partition coefficient (Wildman–Crippen LogP) is 3.19. The molecule has 0 amide bonds. The van der Waals surface area contributed by atoms with Gasteiger partial charge in [0, 0.05) is 11.9 Å². The van der Waals surface area contributed by atoms with Crippen LogP contribution in [0.2, 0.25) is 0 Å². The van der Waals surface area contributed by atoms with Crippen molar-refractivity contribution in [3.63, 3.8) is 0 Å². The lowest BCUT2D eigenvalue weighted by molar-refractivity contribution is -0.386. The van der Waals surface area contributed by atoms with Gasteiger partial charge in [0.05, 0.1) is 4.92 Å². The highest BCUT2D eigenvalue weighted by Gasteiger charge is 2.24. The maximum absolute atomic E-state index is 11.9. The van der Waals surface area contributed by atoms with Crippen molar-refractivity contribution in [1.82, 2.24) is 0 Å². The Labute approximate surface area is 136 Å². The zero-order valence-corrected chi connectivity index (χ0v) is 12.6. The van der Waals surface area contributed by atoms with Gasteiger partial charge in [-0.25, -0.2) is 4.79 Å². The van der Waals surface area contributed by atoms with Crippen LogP contribution >= 0.6 is 0 Å². The molecule has 7 nitrogen and oxygen atoms in total. The highest BCUT2D eigenvalue weighted by atomic mass is 16.6. The molecule has 0 saturated heterocycles. The number of fused-ring (bicyclic) bond motifs is 1. The lowest BCUT2D eigenvalue weighted by atomic mass is 10.2. The molecule has 1 aromatic heterocycles. The number of nitro groups is 1. The van der Waals surface area contributed by atoms with Crippen LogP contribution in [0.4, 0.5) is 11.4 Å². The summed E-state index contributed by atoms with van der Waals surface area (Å²) in [5, 5.41) is 14.6. The van der Waals surface area contributed by atoms with E-state index in [9.17, 15) is 14.9 Å². The van der Waals surface area contributed by atoms with Crippen molar-refractivity contribution in [3.8, 4) is 5.75 Å². The van der Waals surface area contributed by atoms with Gasteiger partial charge in [-0.05, 0) is 24.3 Å². The third-order valence-electron chi connectivity index (χ3n) is 3.39. The fourth-order valence-electron chi connectivity index (χ4n) is 2.35. The number of hydrogen-bond acceptors (Lipinski definition) is 6. The van der Waals surface area contributed by atoms with Crippen molar-refractivity contribution in [2.75, 3.05) is 18.5 Å². The van der Waals surface area contributed by atoms with Crippen molar-refractivity contribution in [2.24, 2.45) is 0 Å². The van der Waals surface area contributed by atoms with Gasteiger partial charge >= 0.3 is 11.3 Å². The molecule has 0 fully saturated rings. The summed E-state index contributed by atoms with van der Waals surface area (Å²) in [6.45, 7) is 0.582. The van der Waals surface area contributed by atoms with Crippen LogP contribution in [0.1, 0.15) is 0 Å². The number of benzene rings is 2. The SMILES string of the molecule is O=c1oc2ccccc2c(NCCOc2ccccc2)c1[N+](=O)[O-]. The molecule has 24 heavy (non-hydrogen) atoms. The second kappa shape index (κ2) is 6.82. The van der Waals surface area contributed by atoms with Crippen LogP contribution in [-0.4, -0.2) is 18.1 Å². The van der Waals surface area contributed by atoms with Crippen molar-refractivity contribution >= 4 is 22.3 Å². The molecule has 0 unspecified atom stereocenters. The van der Waals surface area contributed by atoms with Crippen LogP contribution in [0.25, 0.3) is 11.0 Å². The lowest BCUT2D eigenvalue weighted by Gasteiger charge is -2.10. The molecule has 0 bridgehead atoms. The van der Waals surface area contributed by atoms with E-state index in [-0.39, 0.29) is 12.3 Å². The predicted molar refractivity (Wildman–Crippen MR) is 89.6 cm³/mol. The van der Waals surface area contributed by atoms with E-state index in [1.54, 1.807) is 24.3 Å². The third kappa shape index (κ3) is 3.19. The Bertz CT molecular complexity index is 921. The van der Waals surface area contributed by atoms with E-state index in [0.29, 0.717) is 23.3 Å². The summed E-state index contributed by atoms with van der Waals surface area (Å²) in [6.07, 6.45) is 0. The molecule has 7 heteroatoms. The van der Waals surface area contributed by atoms with Gasteiger partial charge < -0.3 is 14.5 Å². The van der Waals surface area contributed by atoms with Crippen LogP contribution in [0.5, 0.6) is 5.75 Å². The molecule has 3 rings (SSSR count). The fourth-order valence-corrected chi connectivity index (χ4v) is 2.35. The molecule has 0 spiro atoms. The van der Waals surface area contributed by atoms with Crippen LogP contribution in [0.15, 0.2) is 63.8 Å². The molecular weight excluding hydrogens is 312 g/mol. The largest absolute Gasteiger partial charge is 0.492 e. The van der Waals surface area contributed by atoms with Gasteiger partial charge in [-0.2, -0.15) is 0 Å². The Kier molecular flexibility index (Phi) is 4.42. The molecule has 2 aromatic carbocycles. The highest BCUT2D eigenvalue weighted by Crippen LogP contribution is 2.29. The number of anilines is 1. The topological polar surface area (TPSA) is 94.6 Å². The number of hydrogen-bond donors (Lipinski definition) is 1. The van der Waals surface area contributed by atoms with E-state index in [1.165, 1.54) is 0 Å². The second-order valence-electron chi connectivity index (χ2n) is 4.95. The Balaban J connectivity index is 1.83. The Morgan fingerprint density at radius 3 is 2.54 bits per heavy atom. The van der Waals surface area contributed by atoms with Gasteiger partial charge in [-0.15, -0.1) is 0 Å². The Hall–Kier alpha value is -3.35. The van der Waals surface area contributed by atoms with E-state index >= 15 is 0 Å². The first-order valence-electron chi connectivity index (χ1n) is 7.29. The van der Waals surface area contributed by atoms with E-state index in [0.717, 1.165) is 0 Å². The average molecular weight is 326 g/mol. The van der Waals surface area contributed by atoms with Crippen molar-refractivity contribution in [3.05, 3.63) is 75.1 Å². The monoisotopic (exact) mass is 326 g/mol. The molecule has 0 aliphatic heterocycles. The molecule has 1 heterocycles. The quantitative estimate of drug-likeness (QED) is 0.323. The maximum atomic E-state index is 11.9. The van der Waals surface area contributed by atoms with Gasteiger partial charge in [0.1, 0.15) is 23.6 Å². The lowest BCUT2D eigenvalue weighted by Crippen LogP contribution is -2.16. The number of rotatable bonds is 6. The number of ether oxygens (including phenoxy) is 1. The van der Waals surface area contributed by atoms with Gasteiger partial charge in [0.15, 0.2) is 0 Å². The molecular formula is C17H14N2O5. The summed E-state index contributed by atoms with van der Waals surface area (Å²) in [5.41, 5.74) is -1.15. The van der Waals surface area contributed by atoms with Crippen LogP contribution in [0.3, 0.4) is 0 Å². The number of para-hydroxylation sites is 2. The summed E-state index contributed by atoms with van der Waals surface area (Å²) in [7, 11) is 0. The standard InChI is InChI=1S/C17H14N2O5/c20-17-16(19(21)22)15(13-8-4-5-9-14(13)24-17)18-10-11-23-12-6-2-1-3-7-12/h1-9,18H,10-11H2. The molecule has 0 atom stereocenters. The summed E-state index contributed by atoms with van der Waals surface area (Å²) in [6, 6.07) is 15.9. The van der Waals surface area contributed by atoms with Crippen molar-refractivity contribution in [1.29, 1.82) is 0 Å². The molecule has 0 aliphatic rings. The summed E-state index contributed by atoms with van der Waals surface area (Å²) >= 11 is 0. The first-order valence-corrected chi connectivity index (χ1v) is 7.29. The van der Waals surface area contributed by atoms with Crippen LogP contribution in [0, 0.1) is 10.1 Å². The zero-order chi connectivity index (χ0) is 16.9. The third-order valence-corrected chi connectivity index (χ3v) is 3.39. The molecule has 0 radical (unpaired) electrons. The van der Waals surface area contributed by atoms with Crippen molar-refractivity contribution < 1.29 is 14.1 Å². The fraction of sp³-hybridized carbons (Fsp3) is 0.118. The molecule has 3 aromatic rings. The van der Waals surface area contributed by atoms with Crippen molar-refractivity contribution in [2.45, 2.75) is 0 Å². The van der Waals surface area contributed by atoms with E-state index in [4.69, 9.17) is 9.15 Å². The first kappa shape index (κ1) is 15.5. The molecule has 1 N–H and O–H groups in total. The maximum Gasteiger partial charge on any atom is 0.417 e. The van der Waals surface area contributed by atoms with Gasteiger partial charge in [-0.1, -0.05) is 30.3 Å². The molecule has 122 valence electrons. The van der Waals surface area contributed by atoms with E-state index in [1.807, 2.05) is 30.3 Å². The minimum Gasteiger partial charge on any atom is -0.492 e. The van der Waals surface area contributed by atoms with Gasteiger partial charge in [0.25, 0.3) is 0 Å². The molecule has 0 aliphatic carbocycles. The highest BCUT2D eigenvalue weighted by molar-refractivity contribution is 5.94. The van der Waals surface area contributed by atoms with E-state index < -0.39 is 16.2 Å². The minimum atomic E-state index is -0.981. The molecule has 0 saturated carbocycles. The number of nitrogens with zero attached hydrogens (tertiary/aromatic N) is 1. The summed E-state index contributed by atoms with van der Waals surface area (Å²) in [4.78, 5) is 22.3. The minimum absolute atomic E-state index is 0.142. The number of nitrogens with one attached hydrogen (secondary N) is 1. The normalized spacial score (nSPS) is 10.5. The Morgan fingerprint density at radius 1 is 1.08 bits per heavy atom. The average Bonchev–Trinajstić information content (AvgIpc) is 2.58. The summed E-state index contributed by atoms with van der Waals surface area (Å²) < 4.78 is 10.5. The van der Waals surface area contributed by atoms with Crippen LogP contribution < -0.4 is 15.7 Å².